The van der Waals surface area contributed by atoms with Crippen molar-refractivity contribution in [1.29, 1.82) is 0 Å². The van der Waals surface area contributed by atoms with E-state index < -0.39 is 10.0 Å². The van der Waals surface area contributed by atoms with Crippen molar-refractivity contribution in [3.05, 3.63) is 83.6 Å². The number of nitrogens with zero attached hydrogens (tertiary/aromatic N) is 2. The van der Waals surface area contributed by atoms with Crippen LogP contribution < -0.4 is 14.4 Å². The fraction of sp³-hybridized carbons (Fsp3) is 0.250. The molecule has 0 spiro atoms. The van der Waals surface area contributed by atoms with Crippen LogP contribution in [0.4, 0.5) is 5.69 Å². The van der Waals surface area contributed by atoms with Gasteiger partial charge in [0.1, 0.15) is 6.61 Å². The molecule has 7 nitrogen and oxygen atoms in total. The number of hydrogen-bond acceptors (Lipinski definition) is 5. The van der Waals surface area contributed by atoms with E-state index in [2.05, 4.69) is 9.71 Å². The average Bonchev–Trinajstić information content (AvgIpc) is 2.81. The molecule has 166 valence electrons. The Bertz CT molecular complexity index is 1210. The normalized spacial score (nSPS) is 13.5. The summed E-state index contributed by atoms with van der Waals surface area (Å²) in [5.41, 5.74) is 3.43. The number of aromatic nitrogens is 1. The van der Waals surface area contributed by atoms with Gasteiger partial charge in [-0.05, 0) is 53.8 Å². The molecule has 1 aliphatic rings. The first kappa shape index (κ1) is 22.0. The zero-order valence-corrected chi connectivity index (χ0v) is 18.6. The second kappa shape index (κ2) is 9.50. The molecule has 1 amide bonds. The number of carbonyl (C=O) groups excluding carboxylic acids is 1. The number of aryl methyl sites for hydroxylation is 1. The maximum Gasteiger partial charge on any atom is 0.240 e. The van der Waals surface area contributed by atoms with Crippen LogP contribution in [0.5, 0.6) is 5.88 Å². The van der Waals surface area contributed by atoms with Crippen LogP contribution in [0.2, 0.25) is 0 Å². The lowest BCUT2D eigenvalue weighted by Crippen LogP contribution is -2.33. The van der Waals surface area contributed by atoms with Crippen molar-refractivity contribution < 1.29 is 17.9 Å². The zero-order chi connectivity index (χ0) is 22.6. The molecule has 1 aliphatic heterocycles. The number of anilines is 1. The molecule has 32 heavy (non-hydrogen) atoms. The highest BCUT2D eigenvalue weighted by molar-refractivity contribution is 7.89. The van der Waals surface area contributed by atoms with E-state index in [4.69, 9.17) is 4.74 Å². The van der Waals surface area contributed by atoms with Crippen LogP contribution in [0.3, 0.4) is 0 Å². The Kier molecular flexibility index (Phi) is 6.53. The van der Waals surface area contributed by atoms with Gasteiger partial charge in [-0.2, -0.15) is 0 Å². The number of hydrogen-bond donors (Lipinski definition) is 1. The van der Waals surface area contributed by atoms with Crippen molar-refractivity contribution in [1.82, 2.24) is 9.71 Å². The van der Waals surface area contributed by atoms with Gasteiger partial charge in [-0.1, -0.05) is 30.3 Å². The Labute approximate surface area is 188 Å². The molecule has 1 N–H and O–H groups in total. The summed E-state index contributed by atoms with van der Waals surface area (Å²) < 4.78 is 34.1. The maximum atomic E-state index is 12.9. The zero-order valence-electron chi connectivity index (χ0n) is 17.8. The third-order valence-corrected chi connectivity index (χ3v) is 6.75. The topological polar surface area (TPSA) is 88.6 Å². The Morgan fingerprint density at radius 3 is 2.69 bits per heavy atom. The minimum atomic E-state index is -3.71. The molecule has 3 aromatic rings. The fourth-order valence-corrected chi connectivity index (χ4v) is 4.77. The Balaban J connectivity index is 1.43. The van der Waals surface area contributed by atoms with E-state index in [9.17, 15) is 13.2 Å². The van der Waals surface area contributed by atoms with Gasteiger partial charge in [-0.25, -0.2) is 18.1 Å². The van der Waals surface area contributed by atoms with Crippen molar-refractivity contribution in [3.8, 4) is 5.88 Å². The molecule has 0 radical (unpaired) electrons. The number of carbonyl (C=O) groups is 1. The molecule has 0 fully saturated rings. The standard InChI is InChI=1S/C24H25N3O4S/c1-18(28)27-13-5-8-21-15-22(9-10-23(21)27)32(29,30)26-16-20-11-12-25-24(14-20)31-17-19-6-3-2-4-7-19/h2-4,6-7,9-12,14-15,26H,5,8,13,16-17H2,1H3. The van der Waals surface area contributed by atoms with Crippen LogP contribution in [0.15, 0.2) is 71.8 Å². The molecule has 8 heteroatoms. The number of fused-ring (bicyclic) bond motifs is 1. The van der Waals surface area contributed by atoms with Crippen molar-refractivity contribution >= 4 is 21.6 Å². The number of pyridine rings is 1. The molecule has 0 atom stereocenters. The number of nitrogens with one attached hydrogen (secondary N) is 1. The van der Waals surface area contributed by atoms with Gasteiger partial charge >= 0.3 is 0 Å². The van der Waals surface area contributed by atoms with Gasteiger partial charge in [-0.15, -0.1) is 0 Å². The summed E-state index contributed by atoms with van der Waals surface area (Å²) in [4.78, 5) is 17.9. The van der Waals surface area contributed by atoms with Gasteiger partial charge < -0.3 is 9.64 Å². The number of amides is 1. The number of ether oxygens (including phenoxy) is 1. The second-order valence-corrected chi connectivity index (χ2v) is 9.43. The van der Waals surface area contributed by atoms with Crippen molar-refractivity contribution in [2.75, 3.05) is 11.4 Å². The van der Waals surface area contributed by atoms with Crippen LogP contribution in [0.1, 0.15) is 30.0 Å². The highest BCUT2D eigenvalue weighted by Gasteiger charge is 2.23. The first-order valence-corrected chi connectivity index (χ1v) is 11.9. The minimum Gasteiger partial charge on any atom is -0.473 e. The first-order valence-electron chi connectivity index (χ1n) is 10.4. The molecule has 1 aromatic heterocycles. The molecule has 2 heterocycles. The van der Waals surface area contributed by atoms with Gasteiger partial charge in [-0.3, -0.25) is 4.79 Å². The van der Waals surface area contributed by atoms with Crippen molar-refractivity contribution in [3.63, 3.8) is 0 Å². The summed E-state index contributed by atoms with van der Waals surface area (Å²) in [6.45, 7) is 2.68. The van der Waals surface area contributed by atoms with Crippen LogP contribution in [-0.4, -0.2) is 25.9 Å². The highest BCUT2D eigenvalue weighted by Crippen LogP contribution is 2.29. The molecule has 0 bridgehead atoms. The van der Waals surface area contributed by atoms with E-state index in [1.54, 1.807) is 41.4 Å². The van der Waals surface area contributed by atoms with E-state index in [1.807, 2.05) is 30.3 Å². The summed E-state index contributed by atoms with van der Waals surface area (Å²) in [7, 11) is -3.71. The SMILES string of the molecule is CC(=O)N1CCCc2cc(S(=O)(=O)NCc3ccnc(OCc4ccccc4)c3)ccc21. The van der Waals surface area contributed by atoms with Crippen LogP contribution in [-0.2, 0) is 34.4 Å². The van der Waals surface area contributed by atoms with Gasteiger partial charge in [0.05, 0.1) is 4.90 Å². The van der Waals surface area contributed by atoms with E-state index in [0.29, 0.717) is 19.0 Å². The molecule has 2 aromatic carbocycles. The third kappa shape index (κ3) is 5.15. The maximum absolute atomic E-state index is 12.9. The van der Waals surface area contributed by atoms with Gasteiger partial charge in [0.25, 0.3) is 0 Å². The number of rotatable bonds is 7. The molecule has 0 saturated carbocycles. The Morgan fingerprint density at radius 2 is 1.91 bits per heavy atom. The van der Waals surface area contributed by atoms with E-state index in [1.165, 1.54) is 6.92 Å². The van der Waals surface area contributed by atoms with Gasteiger partial charge in [0.2, 0.25) is 21.8 Å². The van der Waals surface area contributed by atoms with E-state index >= 15 is 0 Å². The minimum absolute atomic E-state index is 0.0392. The first-order chi connectivity index (χ1) is 15.4. The Morgan fingerprint density at radius 1 is 1.09 bits per heavy atom. The van der Waals surface area contributed by atoms with Crippen LogP contribution >= 0.6 is 0 Å². The summed E-state index contributed by atoms with van der Waals surface area (Å²) in [6.07, 6.45) is 3.15. The summed E-state index contributed by atoms with van der Waals surface area (Å²) in [6, 6.07) is 18.1. The summed E-state index contributed by atoms with van der Waals surface area (Å²) in [5.74, 6) is 0.395. The molecule has 4 rings (SSSR count). The van der Waals surface area contributed by atoms with E-state index in [-0.39, 0.29) is 17.3 Å². The predicted molar refractivity (Wildman–Crippen MR) is 122 cm³/mol. The predicted octanol–water partition coefficient (Wildman–Crippen LogP) is 3.44. The average molecular weight is 452 g/mol. The Hall–Kier alpha value is -3.23. The monoisotopic (exact) mass is 451 g/mol. The van der Waals surface area contributed by atoms with Gasteiger partial charge in [0, 0.05) is 38.0 Å². The lowest BCUT2D eigenvalue weighted by molar-refractivity contribution is -0.116. The third-order valence-electron chi connectivity index (χ3n) is 5.36. The molecular formula is C24H25N3O4S. The smallest absolute Gasteiger partial charge is 0.240 e. The van der Waals surface area contributed by atoms with Crippen molar-refractivity contribution in [2.24, 2.45) is 0 Å². The molecule has 0 aliphatic carbocycles. The number of benzene rings is 2. The lowest BCUT2D eigenvalue weighted by Gasteiger charge is -2.28. The lowest BCUT2D eigenvalue weighted by atomic mass is 10.0. The summed E-state index contributed by atoms with van der Waals surface area (Å²) >= 11 is 0. The molecule has 0 unspecified atom stereocenters. The second-order valence-electron chi connectivity index (χ2n) is 7.67. The fourth-order valence-electron chi connectivity index (χ4n) is 3.70. The van der Waals surface area contributed by atoms with Crippen LogP contribution in [0.25, 0.3) is 0 Å². The molecular weight excluding hydrogens is 426 g/mol. The summed E-state index contributed by atoms with van der Waals surface area (Å²) in [5, 5.41) is 0. The van der Waals surface area contributed by atoms with Crippen molar-refractivity contribution in [2.45, 2.75) is 37.8 Å². The van der Waals surface area contributed by atoms with E-state index in [0.717, 1.165) is 35.2 Å². The van der Waals surface area contributed by atoms with Crippen LogP contribution in [0, 0.1) is 0 Å². The molecule has 0 saturated heterocycles. The highest BCUT2D eigenvalue weighted by atomic mass is 32.2. The number of sulfonamides is 1. The van der Waals surface area contributed by atoms with Gasteiger partial charge in [0.15, 0.2) is 0 Å². The largest absolute Gasteiger partial charge is 0.473 e. The quantitative estimate of drug-likeness (QED) is 0.595.